The van der Waals surface area contributed by atoms with E-state index in [9.17, 15) is 22.8 Å². The summed E-state index contributed by atoms with van der Waals surface area (Å²) in [5.74, 6) is -1.17. The Balaban J connectivity index is 1.47. The summed E-state index contributed by atoms with van der Waals surface area (Å²) in [6.07, 6.45) is -0.742. The number of benzene rings is 1. The zero-order chi connectivity index (χ0) is 30.9. The number of carbonyl (C=O) groups excluding carboxylic acids is 1. The van der Waals surface area contributed by atoms with Gasteiger partial charge in [0.2, 0.25) is 5.56 Å². The van der Waals surface area contributed by atoms with E-state index in [2.05, 4.69) is 20.1 Å². The molecule has 3 atom stereocenters. The predicted molar refractivity (Wildman–Crippen MR) is 154 cm³/mol. The molecule has 2 aromatic rings. The minimum absolute atomic E-state index is 0.110. The summed E-state index contributed by atoms with van der Waals surface area (Å²) >= 11 is 0. The maximum atomic E-state index is 15.8. The Morgan fingerprint density at radius 1 is 1.14 bits per heavy atom. The molecule has 1 aromatic carbocycles. The number of carbonyl (C=O) groups is 1. The van der Waals surface area contributed by atoms with E-state index in [1.807, 2.05) is 31.9 Å². The Morgan fingerprint density at radius 2 is 1.88 bits per heavy atom. The lowest BCUT2D eigenvalue weighted by atomic mass is 9.96. The van der Waals surface area contributed by atoms with Crippen LogP contribution in [0.15, 0.2) is 35.3 Å². The van der Waals surface area contributed by atoms with Crippen LogP contribution in [0.1, 0.15) is 48.2 Å². The Hall–Kier alpha value is -3.26. The van der Waals surface area contributed by atoms with Crippen molar-refractivity contribution >= 4 is 22.9 Å². The van der Waals surface area contributed by atoms with Crippen LogP contribution in [-0.4, -0.2) is 85.8 Å². The maximum Gasteiger partial charge on any atom is 0.417 e. The van der Waals surface area contributed by atoms with Crippen LogP contribution in [-0.2, 0) is 16.0 Å². The molecule has 1 unspecified atom stereocenters. The summed E-state index contributed by atoms with van der Waals surface area (Å²) in [6.45, 7) is 8.35. The van der Waals surface area contributed by atoms with Crippen LogP contribution < -0.4 is 15.8 Å². The normalized spacial score (nSPS) is 24.1. The molecule has 4 heterocycles. The van der Waals surface area contributed by atoms with Crippen LogP contribution in [0.5, 0.6) is 0 Å². The highest BCUT2D eigenvalue weighted by Crippen LogP contribution is 2.37. The van der Waals surface area contributed by atoms with Crippen LogP contribution in [0, 0.1) is 11.7 Å². The van der Waals surface area contributed by atoms with Gasteiger partial charge in [-0.3, -0.25) is 19.4 Å². The molecule has 0 spiro atoms. The fourth-order valence-corrected chi connectivity index (χ4v) is 5.99. The first-order valence-electron chi connectivity index (χ1n) is 14.5. The second kappa shape index (κ2) is 12.8. The fourth-order valence-electron chi connectivity index (χ4n) is 5.99. The van der Waals surface area contributed by atoms with Gasteiger partial charge in [0.05, 0.1) is 35.7 Å². The fraction of sp³-hybridized carbons (Fsp3) is 0.533. The average Bonchev–Trinajstić information content (AvgIpc) is 2.97. The number of rotatable bonds is 6. The third kappa shape index (κ3) is 7.11. The number of H-pyrrole nitrogens is 1. The van der Waals surface area contributed by atoms with Crippen molar-refractivity contribution in [2.45, 2.75) is 44.9 Å². The van der Waals surface area contributed by atoms with Crippen molar-refractivity contribution in [2.75, 3.05) is 63.2 Å². The number of amides is 1. The molecule has 1 amide bonds. The van der Waals surface area contributed by atoms with Gasteiger partial charge in [-0.15, -0.1) is 0 Å². The molecule has 1 aromatic heterocycles. The zero-order valence-electron chi connectivity index (χ0n) is 24.5. The summed E-state index contributed by atoms with van der Waals surface area (Å²) in [5.41, 5.74) is -1.40. The predicted octanol–water partition coefficient (Wildman–Crippen LogP) is 4.37. The van der Waals surface area contributed by atoms with Gasteiger partial charge in [-0.2, -0.15) is 13.2 Å². The summed E-state index contributed by atoms with van der Waals surface area (Å²) in [6, 6.07) is 3.46. The standard InChI is InChI=1S/C30H37F4N5O4/c1-18-14-39(15-19(2)37(18)3)27-12-25(31)22(21-4-7-38(8-5-21)16-20-6-9-42-43-17-20)10-26(27)36-29(41)23-13-35-28(40)11-24(23)30(32,33)34/h4,10-13,18-20H,5-9,14-17H2,1-3H3,(H,35,40)(H,36,41)/t18-,19+,20?. The van der Waals surface area contributed by atoms with Crippen molar-refractivity contribution in [3.8, 4) is 0 Å². The van der Waals surface area contributed by atoms with E-state index in [1.54, 1.807) is 0 Å². The summed E-state index contributed by atoms with van der Waals surface area (Å²) in [5, 5.41) is 2.62. The molecule has 3 aliphatic heterocycles. The van der Waals surface area contributed by atoms with Crippen molar-refractivity contribution in [1.82, 2.24) is 14.8 Å². The molecular formula is C30H37F4N5O4. The van der Waals surface area contributed by atoms with Gasteiger partial charge < -0.3 is 15.2 Å². The van der Waals surface area contributed by atoms with Crippen molar-refractivity contribution in [3.63, 3.8) is 0 Å². The lowest BCUT2D eigenvalue weighted by Gasteiger charge is -2.44. The van der Waals surface area contributed by atoms with Crippen LogP contribution >= 0.6 is 0 Å². The van der Waals surface area contributed by atoms with E-state index in [-0.39, 0.29) is 17.8 Å². The number of hydrogen-bond donors (Lipinski definition) is 2. The van der Waals surface area contributed by atoms with Crippen LogP contribution in [0.2, 0.25) is 0 Å². The molecule has 2 saturated heterocycles. The number of nitrogens with zero attached hydrogens (tertiary/aromatic N) is 3. The molecule has 0 radical (unpaired) electrons. The van der Waals surface area contributed by atoms with E-state index in [0.29, 0.717) is 69.0 Å². The van der Waals surface area contributed by atoms with Crippen LogP contribution in [0.4, 0.5) is 28.9 Å². The van der Waals surface area contributed by atoms with Crippen molar-refractivity contribution in [1.29, 1.82) is 0 Å². The quantitative estimate of drug-likeness (QED) is 0.373. The first-order valence-corrected chi connectivity index (χ1v) is 14.5. The third-order valence-electron chi connectivity index (χ3n) is 8.66. The summed E-state index contributed by atoms with van der Waals surface area (Å²) in [4.78, 5) is 43.6. The Morgan fingerprint density at radius 3 is 2.51 bits per heavy atom. The molecule has 5 rings (SSSR count). The van der Waals surface area contributed by atoms with Crippen LogP contribution in [0.25, 0.3) is 5.57 Å². The second-order valence-electron chi connectivity index (χ2n) is 11.7. The number of alkyl halides is 3. The Labute approximate surface area is 247 Å². The van der Waals surface area contributed by atoms with Gasteiger partial charge in [0.15, 0.2) is 0 Å². The number of halogens is 4. The lowest BCUT2D eigenvalue weighted by molar-refractivity contribution is -0.324. The number of hydrogen-bond acceptors (Lipinski definition) is 7. The highest BCUT2D eigenvalue weighted by Gasteiger charge is 2.36. The molecule has 0 aliphatic carbocycles. The van der Waals surface area contributed by atoms with Gasteiger partial charge in [0.25, 0.3) is 5.91 Å². The number of anilines is 2. The minimum Gasteiger partial charge on any atom is -0.367 e. The molecule has 2 fully saturated rings. The molecular weight excluding hydrogens is 570 g/mol. The number of pyridine rings is 1. The van der Waals surface area contributed by atoms with Gasteiger partial charge in [0.1, 0.15) is 5.82 Å². The topological polar surface area (TPSA) is 90.1 Å². The van der Waals surface area contributed by atoms with Gasteiger partial charge >= 0.3 is 6.18 Å². The highest BCUT2D eigenvalue weighted by molar-refractivity contribution is 6.07. The summed E-state index contributed by atoms with van der Waals surface area (Å²) in [7, 11) is 2.00. The van der Waals surface area contributed by atoms with Gasteiger partial charge in [-0.25, -0.2) is 14.2 Å². The van der Waals surface area contributed by atoms with Crippen LogP contribution in [0.3, 0.4) is 0 Å². The molecule has 9 nitrogen and oxygen atoms in total. The number of likely N-dealkylation sites (N-methyl/N-ethyl adjacent to an activating group) is 1. The molecule has 0 bridgehead atoms. The molecule has 0 saturated carbocycles. The monoisotopic (exact) mass is 607 g/mol. The molecule has 2 N–H and O–H groups in total. The number of nitrogens with one attached hydrogen (secondary N) is 2. The van der Waals surface area contributed by atoms with E-state index < -0.39 is 34.6 Å². The van der Waals surface area contributed by atoms with Gasteiger partial charge in [-0.05, 0) is 51.4 Å². The maximum absolute atomic E-state index is 15.8. The lowest BCUT2D eigenvalue weighted by Crippen LogP contribution is -2.55. The second-order valence-corrected chi connectivity index (χ2v) is 11.7. The largest absolute Gasteiger partial charge is 0.417 e. The zero-order valence-corrected chi connectivity index (χ0v) is 24.5. The van der Waals surface area contributed by atoms with E-state index in [1.165, 1.54) is 12.1 Å². The number of aromatic nitrogens is 1. The molecule has 3 aliphatic rings. The minimum atomic E-state index is -4.92. The summed E-state index contributed by atoms with van der Waals surface area (Å²) < 4.78 is 57.0. The first kappa shape index (κ1) is 31.2. The van der Waals surface area contributed by atoms with Crippen molar-refractivity contribution in [2.24, 2.45) is 5.92 Å². The Bertz CT molecular complexity index is 1410. The van der Waals surface area contributed by atoms with Gasteiger partial charge in [-0.1, -0.05) is 6.08 Å². The van der Waals surface area contributed by atoms with Crippen molar-refractivity contribution < 1.29 is 32.1 Å². The smallest absolute Gasteiger partial charge is 0.367 e. The number of piperazine rings is 1. The molecule has 13 heteroatoms. The molecule has 43 heavy (non-hydrogen) atoms. The third-order valence-corrected chi connectivity index (χ3v) is 8.66. The highest BCUT2D eigenvalue weighted by atomic mass is 19.4. The molecule has 234 valence electrons. The Kier molecular flexibility index (Phi) is 9.26. The van der Waals surface area contributed by atoms with Crippen molar-refractivity contribution in [3.05, 3.63) is 63.3 Å². The van der Waals surface area contributed by atoms with E-state index in [4.69, 9.17) is 9.78 Å². The SMILES string of the molecule is C[C@@H]1CN(c2cc(F)c(C3=CCN(CC4CCOOC4)CC3)cc2NC(=O)c2c[nH]c(=O)cc2C(F)(F)F)C[C@H](C)N1C. The first-order chi connectivity index (χ1) is 20.4. The average molecular weight is 608 g/mol. The number of aromatic amines is 1. The van der Waals surface area contributed by atoms with E-state index >= 15 is 4.39 Å². The van der Waals surface area contributed by atoms with E-state index in [0.717, 1.165) is 24.7 Å². The van der Waals surface area contributed by atoms with Gasteiger partial charge in [0, 0.05) is 68.6 Å².